The lowest BCUT2D eigenvalue weighted by Crippen LogP contribution is -2.51. The number of carbonyl (C=O) groups excluding carboxylic acids is 1. The Labute approximate surface area is 261 Å². The number of benzene rings is 2. The second kappa shape index (κ2) is 11.3. The molecule has 0 atom stereocenters. The molecule has 3 aromatic rings. The Morgan fingerprint density at radius 2 is 1.87 bits per heavy atom. The third-order valence-corrected chi connectivity index (χ3v) is 11.0. The summed E-state index contributed by atoms with van der Waals surface area (Å²) in [4.78, 5) is 32.3. The van der Waals surface area contributed by atoms with Gasteiger partial charge in [-0.3, -0.25) is 14.1 Å². The molecule has 1 spiro atoms. The van der Waals surface area contributed by atoms with E-state index >= 15 is 0 Å². The highest BCUT2D eigenvalue weighted by Gasteiger charge is 2.47. The lowest BCUT2D eigenvalue weighted by molar-refractivity contribution is -0.0241. The highest BCUT2D eigenvalue weighted by molar-refractivity contribution is 7.93. The van der Waals surface area contributed by atoms with Gasteiger partial charge < -0.3 is 14.4 Å². The number of nitrogens with zero attached hydrogens (tertiary/aromatic N) is 4. The molecule has 6 rings (SSSR count). The van der Waals surface area contributed by atoms with Crippen LogP contribution >= 0.6 is 0 Å². The maximum absolute atomic E-state index is 14.9. The molecule has 238 valence electrons. The van der Waals surface area contributed by atoms with Crippen LogP contribution in [0.2, 0.25) is 0 Å². The Balaban J connectivity index is 1.18. The molecule has 2 aliphatic carbocycles. The third-order valence-electron chi connectivity index (χ3n) is 9.15. The van der Waals surface area contributed by atoms with Gasteiger partial charge in [0.25, 0.3) is 5.56 Å². The first-order chi connectivity index (χ1) is 21.3. The summed E-state index contributed by atoms with van der Waals surface area (Å²) in [5.41, 5.74) is -0.681. The van der Waals surface area contributed by atoms with Crippen molar-refractivity contribution in [3.63, 3.8) is 0 Å². The molecule has 1 aliphatic heterocycles. The number of hydrogen-bond donors (Lipinski definition) is 1. The quantitative estimate of drug-likeness (QED) is 0.355. The molecule has 1 N–H and O–H groups in total. The fraction of sp³-hybridized carbons (Fsp3) is 0.500. The topological polar surface area (TPSA) is 144 Å². The van der Waals surface area contributed by atoms with Crippen molar-refractivity contribution >= 4 is 32.7 Å². The number of hydrogen-bond acceptors (Lipinski definition) is 8. The maximum atomic E-state index is 14.9. The Kier molecular flexibility index (Phi) is 7.75. The number of nitriles is 1. The van der Waals surface area contributed by atoms with Crippen LogP contribution in [0.1, 0.15) is 77.3 Å². The minimum absolute atomic E-state index is 0.0462. The Bertz CT molecular complexity index is 1860. The van der Waals surface area contributed by atoms with Crippen LogP contribution in [0.15, 0.2) is 41.5 Å². The Morgan fingerprint density at radius 1 is 1.16 bits per heavy atom. The average Bonchev–Trinajstić information content (AvgIpc) is 2.92. The van der Waals surface area contributed by atoms with Crippen LogP contribution in [0.3, 0.4) is 0 Å². The predicted molar refractivity (Wildman–Crippen MR) is 165 cm³/mol. The molecule has 3 fully saturated rings. The number of aromatic nitrogens is 2. The summed E-state index contributed by atoms with van der Waals surface area (Å²) in [7, 11) is -3.73. The van der Waals surface area contributed by atoms with Crippen molar-refractivity contribution in [2.75, 3.05) is 17.8 Å². The van der Waals surface area contributed by atoms with Crippen LogP contribution in [0.4, 0.5) is 14.9 Å². The zero-order chi connectivity index (χ0) is 32.1. The van der Waals surface area contributed by atoms with Gasteiger partial charge in [0.15, 0.2) is 11.6 Å². The first-order valence-electron chi connectivity index (χ1n) is 15.2. The molecule has 3 aliphatic rings. The van der Waals surface area contributed by atoms with Crippen LogP contribution in [0.25, 0.3) is 10.9 Å². The monoisotopic (exact) mass is 637 g/mol. The number of rotatable bonds is 6. The summed E-state index contributed by atoms with van der Waals surface area (Å²) in [5.74, 6) is -1.18. The lowest BCUT2D eigenvalue weighted by Gasteiger charge is -2.52. The molecule has 45 heavy (non-hydrogen) atoms. The fourth-order valence-corrected chi connectivity index (χ4v) is 7.96. The normalized spacial score (nSPS) is 18.6. The van der Waals surface area contributed by atoms with Gasteiger partial charge in [-0.15, -0.1) is 0 Å². The number of fused-ring (bicyclic) bond motifs is 1. The number of anilines is 1. The van der Waals surface area contributed by atoms with Crippen molar-refractivity contribution in [2.45, 2.75) is 82.6 Å². The molecule has 2 heterocycles. The van der Waals surface area contributed by atoms with Crippen molar-refractivity contribution in [1.82, 2.24) is 14.5 Å². The predicted octanol–water partition coefficient (Wildman–Crippen LogP) is 5.85. The first kappa shape index (κ1) is 30.8. The molecule has 1 saturated heterocycles. The Hall–Kier alpha value is -4.18. The van der Waals surface area contributed by atoms with E-state index in [0.29, 0.717) is 31.4 Å². The van der Waals surface area contributed by atoms with Gasteiger partial charge in [0.2, 0.25) is 10.0 Å². The summed E-state index contributed by atoms with van der Waals surface area (Å²) in [5, 5.41) is 9.55. The molecule has 11 nitrogen and oxygen atoms in total. The van der Waals surface area contributed by atoms with Crippen LogP contribution in [-0.4, -0.2) is 52.9 Å². The van der Waals surface area contributed by atoms with Crippen LogP contribution in [0, 0.1) is 22.6 Å². The molecule has 0 bridgehead atoms. The number of sulfonamides is 1. The molecule has 2 aromatic carbocycles. The van der Waals surface area contributed by atoms with Gasteiger partial charge in [0, 0.05) is 19.1 Å². The number of halogens is 1. The lowest BCUT2D eigenvalue weighted by atomic mass is 9.60. The van der Waals surface area contributed by atoms with E-state index in [4.69, 9.17) is 9.47 Å². The zero-order valence-corrected chi connectivity index (χ0v) is 26.3. The summed E-state index contributed by atoms with van der Waals surface area (Å²) in [6.07, 6.45) is 6.35. The van der Waals surface area contributed by atoms with E-state index in [0.717, 1.165) is 38.2 Å². The van der Waals surface area contributed by atoms with Crippen molar-refractivity contribution in [3.05, 3.63) is 58.4 Å². The van der Waals surface area contributed by atoms with Gasteiger partial charge in [0.05, 0.1) is 28.2 Å². The minimum atomic E-state index is -3.73. The zero-order valence-electron chi connectivity index (χ0n) is 25.5. The molecule has 2 saturated carbocycles. The molecule has 13 heteroatoms. The van der Waals surface area contributed by atoms with E-state index in [-0.39, 0.29) is 45.5 Å². The van der Waals surface area contributed by atoms with E-state index in [1.54, 1.807) is 21.9 Å². The van der Waals surface area contributed by atoms with Crippen molar-refractivity contribution < 1.29 is 27.1 Å². The third kappa shape index (κ3) is 6.08. The number of piperidine rings is 1. The van der Waals surface area contributed by atoms with Gasteiger partial charge in [0.1, 0.15) is 23.0 Å². The SMILES string of the molecule is CC(C)(C)OC(=O)N1CCC2(CC1)CC(n1cnc3ccc(Oc4c(F)ccc(NS(=O)(=O)C5CCC5)c4C#N)cc3c1=O)C2. The fourth-order valence-electron chi connectivity index (χ4n) is 6.36. The standard InChI is InChI=1S/C32H36FN5O6S/c1-31(2,3)44-30(40)37-13-11-32(12-14-37)16-20(17-32)38-19-35-26-9-7-21(15-23(26)29(38)39)43-28-24(18-34)27(10-8-25(28)33)36-45(41,42)22-5-4-6-22/h7-10,15,19-20,22,36H,4-6,11-14,16-17H2,1-3H3. The number of likely N-dealkylation sites (tertiary alicyclic amines) is 1. The average molecular weight is 638 g/mol. The number of nitrogens with one attached hydrogen (secondary N) is 1. The molecule has 1 amide bonds. The minimum Gasteiger partial charge on any atom is -0.453 e. The second-order valence-corrected chi connectivity index (χ2v) is 15.3. The first-order valence-corrected chi connectivity index (χ1v) is 16.7. The summed E-state index contributed by atoms with van der Waals surface area (Å²) >= 11 is 0. The number of carbonyl (C=O) groups is 1. The van der Waals surface area contributed by atoms with Crippen molar-refractivity contribution in [1.29, 1.82) is 5.26 Å². The van der Waals surface area contributed by atoms with Crippen molar-refractivity contribution in [2.24, 2.45) is 5.41 Å². The molecule has 1 aromatic heterocycles. The van der Waals surface area contributed by atoms with Gasteiger partial charge >= 0.3 is 6.09 Å². The maximum Gasteiger partial charge on any atom is 0.410 e. The van der Waals surface area contributed by atoms with E-state index in [1.165, 1.54) is 18.2 Å². The highest BCUT2D eigenvalue weighted by Crippen LogP contribution is 2.54. The summed E-state index contributed by atoms with van der Waals surface area (Å²) in [6, 6.07) is 8.61. The van der Waals surface area contributed by atoms with Gasteiger partial charge in [-0.25, -0.2) is 22.6 Å². The van der Waals surface area contributed by atoms with E-state index in [2.05, 4.69) is 9.71 Å². The van der Waals surface area contributed by atoms with E-state index in [9.17, 15) is 27.7 Å². The smallest absolute Gasteiger partial charge is 0.410 e. The molecule has 0 unspecified atom stereocenters. The second-order valence-electron chi connectivity index (χ2n) is 13.4. The highest BCUT2D eigenvalue weighted by atomic mass is 32.2. The van der Waals surface area contributed by atoms with Crippen LogP contribution < -0.4 is 15.0 Å². The molecule has 0 radical (unpaired) electrons. The van der Waals surface area contributed by atoms with E-state index in [1.807, 2.05) is 26.8 Å². The van der Waals surface area contributed by atoms with Gasteiger partial charge in [-0.1, -0.05) is 6.42 Å². The van der Waals surface area contributed by atoms with Gasteiger partial charge in [-0.2, -0.15) is 5.26 Å². The van der Waals surface area contributed by atoms with Crippen LogP contribution in [-0.2, 0) is 14.8 Å². The molecular formula is C32H36FN5O6S. The number of ether oxygens (including phenoxy) is 2. The summed E-state index contributed by atoms with van der Waals surface area (Å²) < 4.78 is 55.6. The molecular weight excluding hydrogens is 601 g/mol. The summed E-state index contributed by atoms with van der Waals surface area (Å²) in [6.45, 7) is 6.76. The van der Waals surface area contributed by atoms with Gasteiger partial charge in [-0.05, 0) is 95.0 Å². The number of amides is 1. The van der Waals surface area contributed by atoms with E-state index < -0.39 is 32.4 Å². The largest absolute Gasteiger partial charge is 0.453 e. The van der Waals surface area contributed by atoms with Crippen molar-refractivity contribution in [3.8, 4) is 17.6 Å². The van der Waals surface area contributed by atoms with Crippen LogP contribution in [0.5, 0.6) is 11.5 Å². The Morgan fingerprint density at radius 3 is 2.49 bits per heavy atom.